The lowest BCUT2D eigenvalue weighted by molar-refractivity contribution is 0.314. The number of rotatable bonds is 6. The molecule has 0 saturated heterocycles. The Morgan fingerprint density at radius 2 is 2.00 bits per heavy atom. The first-order chi connectivity index (χ1) is 8.75. The second-order valence-electron chi connectivity index (χ2n) is 4.01. The number of halogens is 1. The minimum Gasteiger partial charge on any atom is -0.492 e. The van der Waals surface area contributed by atoms with Crippen LogP contribution >= 0.6 is 22.9 Å². The fourth-order valence-corrected chi connectivity index (χ4v) is 2.56. The molecule has 0 saturated carbocycles. The SMILES string of the molecule is Cc1ccsc1CNCCOc1ccc(Cl)cc1. The lowest BCUT2D eigenvalue weighted by Gasteiger charge is -2.07. The summed E-state index contributed by atoms with van der Waals surface area (Å²) in [6.45, 7) is 4.54. The van der Waals surface area contributed by atoms with Crippen LogP contribution in [0.2, 0.25) is 5.02 Å². The maximum Gasteiger partial charge on any atom is 0.119 e. The van der Waals surface area contributed by atoms with Gasteiger partial charge in [-0.05, 0) is 48.2 Å². The van der Waals surface area contributed by atoms with Gasteiger partial charge < -0.3 is 10.1 Å². The Morgan fingerprint density at radius 1 is 1.22 bits per heavy atom. The van der Waals surface area contributed by atoms with Crippen LogP contribution in [0.1, 0.15) is 10.4 Å². The van der Waals surface area contributed by atoms with Gasteiger partial charge in [-0.1, -0.05) is 11.6 Å². The Balaban J connectivity index is 1.64. The fraction of sp³-hybridized carbons (Fsp3) is 0.286. The third kappa shape index (κ3) is 4.02. The normalized spacial score (nSPS) is 10.6. The van der Waals surface area contributed by atoms with Gasteiger partial charge in [0.15, 0.2) is 0 Å². The lowest BCUT2D eigenvalue weighted by Crippen LogP contribution is -2.20. The van der Waals surface area contributed by atoms with Crippen molar-refractivity contribution in [3.63, 3.8) is 0 Å². The summed E-state index contributed by atoms with van der Waals surface area (Å²) in [5.41, 5.74) is 1.35. The molecule has 1 N–H and O–H groups in total. The van der Waals surface area contributed by atoms with Crippen molar-refractivity contribution < 1.29 is 4.74 Å². The minimum atomic E-state index is 0.659. The van der Waals surface area contributed by atoms with Gasteiger partial charge >= 0.3 is 0 Å². The standard InChI is InChI=1S/C14H16ClNOS/c1-11-6-9-18-14(11)10-16-7-8-17-13-4-2-12(15)3-5-13/h2-6,9,16H,7-8,10H2,1H3. The summed E-state index contributed by atoms with van der Waals surface area (Å²) >= 11 is 7.59. The maximum absolute atomic E-state index is 5.80. The van der Waals surface area contributed by atoms with E-state index in [9.17, 15) is 0 Å². The summed E-state index contributed by atoms with van der Waals surface area (Å²) in [4.78, 5) is 1.39. The second kappa shape index (κ2) is 6.78. The average Bonchev–Trinajstić information content (AvgIpc) is 2.77. The van der Waals surface area contributed by atoms with Crippen molar-refractivity contribution in [3.8, 4) is 5.75 Å². The zero-order chi connectivity index (χ0) is 12.8. The molecule has 2 rings (SSSR count). The molecule has 4 heteroatoms. The molecule has 0 bridgehead atoms. The highest BCUT2D eigenvalue weighted by molar-refractivity contribution is 7.10. The molecule has 0 radical (unpaired) electrons. The van der Waals surface area contributed by atoms with Crippen molar-refractivity contribution >= 4 is 22.9 Å². The van der Waals surface area contributed by atoms with Crippen LogP contribution in [0.3, 0.4) is 0 Å². The van der Waals surface area contributed by atoms with E-state index in [0.717, 1.165) is 23.9 Å². The summed E-state index contributed by atoms with van der Waals surface area (Å²) in [5.74, 6) is 0.855. The molecular weight excluding hydrogens is 266 g/mol. The summed E-state index contributed by atoms with van der Waals surface area (Å²) in [6, 6.07) is 9.57. The number of nitrogens with one attached hydrogen (secondary N) is 1. The molecule has 0 fully saturated rings. The van der Waals surface area contributed by atoms with Crippen molar-refractivity contribution in [1.29, 1.82) is 0 Å². The molecule has 96 valence electrons. The Kier molecular flexibility index (Phi) is 5.05. The molecule has 2 nitrogen and oxygen atoms in total. The van der Waals surface area contributed by atoms with Crippen LogP contribution in [0.25, 0.3) is 0 Å². The fourth-order valence-electron chi connectivity index (χ4n) is 1.56. The van der Waals surface area contributed by atoms with Gasteiger partial charge in [-0.3, -0.25) is 0 Å². The molecule has 0 spiro atoms. The molecular formula is C14H16ClNOS. The van der Waals surface area contributed by atoms with E-state index in [2.05, 4.69) is 23.7 Å². The Morgan fingerprint density at radius 3 is 2.67 bits per heavy atom. The Bertz CT molecular complexity index is 481. The molecule has 0 aliphatic heterocycles. The summed E-state index contributed by atoms with van der Waals surface area (Å²) in [6.07, 6.45) is 0. The van der Waals surface area contributed by atoms with Gasteiger partial charge in [-0.2, -0.15) is 0 Å². The zero-order valence-electron chi connectivity index (χ0n) is 10.3. The van der Waals surface area contributed by atoms with Crippen LogP contribution in [-0.2, 0) is 6.54 Å². The molecule has 0 atom stereocenters. The highest BCUT2D eigenvalue weighted by Gasteiger charge is 1.98. The number of hydrogen-bond donors (Lipinski definition) is 1. The summed E-state index contributed by atoms with van der Waals surface area (Å²) in [5, 5.41) is 6.22. The van der Waals surface area contributed by atoms with Crippen molar-refractivity contribution in [1.82, 2.24) is 5.32 Å². The zero-order valence-corrected chi connectivity index (χ0v) is 11.9. The van der Waals surface area contributed by atoms with E-state index in [0.29, 0.717) is 6.61 Å². The van der Waals surface area contributed by atoms with Crippen LogP contribution in [0.5, 0.6) is 5.75 Å². The predicted octanol–water partition coefficient (Wildman–Crippen LogP) is 3.88. The highest BCUT2D eigenvalue weighted by atomic mass is 35.5. The molecule has 1 aromatic heterocycles. The van der Waals surface area contributed by atoms with Crippen molar-refractivity contribution in [2.24, 2.45) is 0 Å². The monoisotopic (exact) mass is 281 g/mol. The Labute approximate surface area is 117 Å². The quantitative estimate of drug-likeness (QED) is 0.812. The van der Waals surface area contributed by atoms with Crippen LogP contribution < -0.4 is 10.1 Å². The first-order valence-electron chi connectivity index (χ1n) is 5.88. The highest BCUT2D eigenvalue weighted by Crippen LogP contribution is 2.16. The molecule has 1 aromatic carbocycles. The topological polar surface area (TPSA) is 21.3 Å². The number of thiophene rings is 1. The van der Waals surface area contributed by atoms with E-state index in [1.165, 1.54) is 10.4 Å². The third-order valence-electron chi connectivity index (χ3n) is 2.61. The van der Waals surface area contributed by atoms with E-state index in [1.54, 1.807) is 11.3 Å². The van der Waals surface area contributed by atoms with Crippen LogP contribution in [-0.4, -0.2) is 13.2 Å². The van der Waals surface area contributed by atoms with Gasteiger partial charge in [0.1, 0.15) is 12.4 Å². The van der Waals surface area contributed by atoms with E-state index < -0.39 is 0 Å². The van der Waals surface area contributed by atoms with E-state index in [-0.39, 0.29) is 0 Å². The molecule has 0 aliphatic carbocycles. The predicted molar refractivity (Wildman–Crippen MR) is 77.7 cm³/mol. The maximum atomic E-state index is 5.80. The number of ether oxygens (including phenoxy) is 1. The van der Waals surface area contributed by atoms with E-state index >= 15 is 0 Å². The molecule has 0 unspecified atom stereocenters. The largest absolute Gasteiger partial charge is 0.492 e. The number of hydrogen-bond acceptors (Lipinski definition) is 3. The van der Waals surface area contributed by atoms with Gasteiger partial charge in [0, 0.05) is 23.0 Å². The van der Waals surface area contributed by atoms with Crippen molar-refractivity contribution in [3.05, 3.63) is 51.2 Å². The van der Waals surface area contributed by atoms with E-state index in [1.807, 2.05) is 24.3 Å². The number of benzene rings is 1. The molecule has 0 amide bonds. The van der Waals surface area contributed by atoms with Crippen LogP contribution in [0.15, 0.2) is 35.7 Å². The van der Waals surface area contributed by atoms with E-state index in [4.69, 9.17) is 16.3 Å². The van der Waals surface area contributed by atoms with Gasteiger partial charge in [0.2, 0.25) is 0 Å². The van der Waals surface area contributed by atoms with Gasteiger partial charge in [-0.25, -0.2) is 0 Å². The van der Waals surface area contributed by atoms with Crippen LogP contribution in [0.4, 0.5) is 0 Å². The van der Waals surface area contributed by atoms with Gasteiger partial charge in [-0.15, -0.1) is 11.3 Å². The van der Waals surface area contributed by atoms with Gasteiger partial charge in [0.25, 0.3) is 0 Å². The summed E-state index contributed by atoms with van der Waals surface area (Å²) < 4.78 is 5.59. The van der Waals surface area contributed by atoms with Gasteiger partial charge in [0.05, 0.1) is 0 Å². The molecule has 1 heterocycles. The third-order valence-corrected chi connectivity index (χ3v) is 3.89. The second-order valence-corrected chi connectivity index (χ2v) is 5.44. The minimum absolute atomic E-state index is 0.659. The Hall–Kier alpha value is -1.03. The van der Waals surface area contributed by atoms with Crippen molar-refractivity contribution in [2.45, 2.75) is 13.5 Å². The lowest BCUT2D eigenvalue weighted by atomic mass is 10.3. The smallest absolute Gasteiger partial charge is 0.119 e. The molecule has 0 aliphatic rings. The molecule has 18 heavy (non-hydrogen) atoms. The first kappa shape index (κ1) is 13.4. The first-order valence-corrected chi connectivity index (χ1v) is 7.13. The van der Waals surface area contributed by atoms with Crippen LogP contribution in [0, 0.1) is 6.92 Å². The molecule has 2 aromatic rings. The van der Waals surface area contributed by atoms with Crippen molar-refractivity contribution in [2.75, 3.05) is 13.2 Å². The average molecular weight is 282 g/mol. The summed E-state index contributed by atoms with van der Waals surface area (Å²) in [7, 11) is 0. The number of aryl methyl sites for hydroxylation is 1.